The zero-order valence-electron chi connectivity index (χ0n) is 35.9. The number of rotatable bonds is 10. The third kappa shape index (κ3) is 8.57. The predicted molar refractivity (Wildman–Crippen MR) is 270 cm³/mol. The molecule has 0 saturated heterocycles. The molecule has 11 rings (SSSR count). The maximum absolute atomic E-state index is 5.11. The van der Waals surface area contributed by atoms with E-state index in [2.05, 4.69) is 212 Å². The molecule has 0 N–H and O–H groups in total. The smallest absolute Gasteiger partial charge is 0.164 e. The van der Waals surface area contributed by atoms with Crippen molar-refractivity contribution in [2.75, 3.05) is 0 Å². The summed E-state index contributed by atoms with van der Waals surface area (Å²) in [5, 5.41) is 0. The van der Waals surface area contributed by atoms with Crippen molar-refractivity contribution in [1.29, 1.82) is 0 Å². The average molecular weight is 844 g/mol. The van der Waals surface area contributed by atoms with Crippen molar-refractivity contribution < 1.29 is 0 Å². The van der Waals surface area contributed by atoms with Crippen molar-refractivity contribution >= 4 is 0 Å². The molecule has 9 aromatic carbocycles. The highest BCUT2D eigenvalue weighted by Crippen LogP contribution is 2.34. The van der Waals surface area contributed by atoms with Crippen LogP contribution < -0.4 is 0 Å². The van der Waals surface area contributed by atoms with Gasteiger partial charge in [0, 0.05) is 33.4 Å². The van der Waals surface area contributed by atoms with Crippen LogP contribution >= 0.6 is 0 Å². The molecule has 0 spiro atoms. The van der Waals surface area contributed by atoms with E-state index in [1.54, 1.807) is 0 Å². The van der Waals surface area contributed by atoms with Crippen molar-refractivity contribution in [3.8, 4) is 113 Å². The van der Waals surface area contributed by atoms with Crippen molar-refractivity contribution in [1.82, 2.24) is 24.9 Å². The summed E-state index contributed by atoms with van der Waals surface area (Å²) in [4.78, 5) is 25.5. The number of aromatic nitrogens is 5. The van der Waals surface area contributed by atoms with E-state index in [1.165, 1.54) is 0 Å². The molecule has 2 aromatic heterocycles. The molecule has 66 heavy (non-hydrogen) atoms. The molecule has 310 valence electrons. The van der Waals surface area contributed by atoms with E-state index in [0.29, 0.717) is 23.3 Å². The summed E-state index contributed by atoms with van der Waals surface area (Å²) in [7, 11) is 0. The third-order valence-electron chi connectivity index (χ3n) is 11.8. The molecular weight excluding hydrogens is 803 g/mol. The van der Waals surface area contributed by atoms with Gasteiger partial charge in [-0.3, -0.25) is 0 Å². The van der Waals surface area contributed by atoms with Crippen molar-refractivity contribution in [2.45, 2.75) is 0 Å². The van der Waals surface area contributed by atoms with Crippen LogP contribution in [-0.2, 0) is 0 Å². The summed E-state index contributed by atoms with van der Waals surface area (Å²) in [6.07, 6.45) is 0. The van der Waals surface area contributed by atoms with E-state index in [1.807, 2.05) is 36.4 Å². The molecule has 0 amide bonds. The van der Waals surface area contributed by atoms with Crippen LogP contribution in [0.1, 0.15) is 0 Å². The summed E-state index contributed by atoms with van der Waals surface area (Å²) in [6.45, 7) is 0. The fourth-order valence-electron chi connectivity index (χ4n) is 8.27. The van der Waals surface area contributed by atoms with Gasteiger partial charge in [0.2, 0.25) is 0 Å². The lowest BCUT2D eigenvalue weighted by Crippen LogP contribution is -2.00. The van der Waals surface area contributed by atoms with E-state index in [-0.39, 0.29) is 0 Å². The lowest BCUT2D eigenvalue weighted by atomic mass is 9.99. The van der Waals surface area contributed by atoms with E-state index < -0.39 is 0 Å². The molecule has 0 fully saturated rings. The molecule has 2 heterocycles. The normalized spacial score (nSPS) is 11.0. The molecule has 0 aliphatic heterocycles. The lowest BCUT2D eigenvalue weighted by Gasteiger charge is -2.12. The van der Waals surface area contributed by atoms with Crippen molar-refractivity contribution in [3.63, 3.8) is 0 Å². The van der Waals surface area contributed by atoms with Gasteiger partial charge in [-0.15, -0.1) is 0 Å². The molecular formula is C61H41N5. The fraction of sp³-hybridized carbons (Fsp3) is 0. The van der Waals surface area contributed by atoms with Gasteiger partial charge in [-0.1, -0.05) is 231 Å². The van der Waals surface area contributed by atoms with Crippen LogP contribution in [0.15, 0.2) is 249 Å². The Morgan fingerprint density at radius 3 is 0.879 bits per heavy atom. The van der Waals surface area contributed by atoms with Crippen LogP contribution in [0.4, 0.5) is 0 Å². The highest BCUT2D eigenvalue weighted by atomic mass is 15.0. The third-order valence-corrected chi connectivity index (χ3v) is 11.8. The quantitative estimate of drug-likeness (QED) is 0.137. The molecule has 0 aliphatic carbocycles. The Kier molecular flexibility index (Phi) is 10.9. The largest absolute Gasteiger partial charge is 0.228 e. The maximum Gasteiger partial charge on any atom is 0.164 e. The molecule has 0 radical (unpaired) electrons. The zero-order valence-corrected chi connectivity index (χ0v) is 35.9. The van der Waals surface area contributed by atoms with Gasteiger partial charge >= 0.3 is 0 Å². The molecule has 0 unspecified atom stereocenters. The Morgan fingerprint density at radius 1 is 0.152 bits per heavy atom. The second kappa shape index (κ2) is 18.0. The summed E-state index contributed by atoms with van der Waals surface area (Å²) in [6, 6.07) is 85.9. The van der Waals surface area contributed by atoms with Gasteiger partial charge in [0.05, 0.1) is 11.4 Å². The summed E-state index contributed by atoms with van der Waals surface area (Å²) in [5.74, 6) is 2.51. The van der Waals surface area contributed by atoms with Gasteiger partial charge in [0.25, 0.3) is 0 Å². The van der Waals surface area contributed by atoms with Gasteiger partial charge in [-0.2, -0.15) is 0 Å². The molecule has 5 nitrogen and oxygen atoms in total. The number of hydrogen-bond donors (Lipinski definition) is 0. The highest BCUT2D eigenvalue weighted by molar-refractivity contribution is 5.79. The first kappa shape index (κ1) is 39.9. The monoisotopic (exact) mass is 843 g/mol. The van der Waals surface area contributed by atoms with Crippen LogP contribution in [0, 0.1) is 0 Å². The predicted octanol–water partition coefficient (Wildman–Crippen LogP) is 15.3. The SMILES string of the molecule is c1ccc(-c2ccc(-c3nc(-c4ccc(-c5ccccc5)cc4)nc(-c4cccc(-c5ccc(-c6cc(-c7cccc(-c8ccccc8)c7)nc(-c7ccccc7)n6)cc5)c4)n3)cc2)cc1. The molecule has 0 aliphatic rings. The van der Waals surface area contributed by atoms with E-state index in [0.717, 1.165) is 89.3 Å². The Bertz CT molecular complexity index is 3310. The first-order valence-electron chi connectivity index (χ1n) is 22.1. The minimum absolute atomic E-state index is 0.603. The van der Waals surface area contributed by atoms with Crippen molar-refractivity contribution in [3.05, 3.63) is 249 Å². The van der Waals surface area contributed by atoms with Crippen LogP contribution in [0.25, 0.3) is 113 Å². The molecule has 0 bridgehead atoms. The number of benzene rings is 9. The summed E-state index contributed by atoms with van der Waals surface area (Å²) < 4.78 is 0. The number of nitrogens with zero attached hydrogens (tertiary/aromatic N) is 5. The number of hydrogen-bond acceptors (Lipinski definition) is 5. The van der Waals surface area contributed by atoms with Crippen LogP contribution in [-0.4, -0.2) is 24.9 Å². The molecule has 11 aromatic rings. The maximum atomic E-state index is 5.11. The second-order valence-electron chi connectivity index (χ2n) is 16.1. The van der Waals surface area contributed by atoms with Gasteiger partial charge < -0.3 is 0 Å². The first-order valence-corrected chi connectivity index (χ1v) is 22.1. The molecule has 5 heteroatoms. The average Bonchev–Trinajstić information content (AvgIpc) is 3.42. The Hall–Kier alpha value is -8.93. The van der Waals surface area contributed by atoms with Gasteiger partial charge in [0.1, 0.15) is 0 Å². The van der Waals surface area contributed by atoms with Gasteiger partial charge in [-0.25, -0.2) is 24.9 Å². The minimum atomic E-state index is 0.603. The Balaban J connectivity index is 0.940. The molecule has 0 saturated carbocycles. The van der Waals surface area contributed by atoms with E-state index in [9.17, 15) is 0 Å². The fourth-order valence-corrected chi connectivity index (χ4v) is 8.27. The topological polar surface area (TPSA) is 64.5 Å². The van der Waals surface area contributed by atoms with Crippen molar-refractivity contribution in [2.24, 2.45) is 0 Å². The Labute approximate surface area is 384 Å². The standard InChI is InChI=1S/C61H41N5/c1-5-15-42(16-6-1)45-29-35-50(36-30-45)59-64-60(51-37-31-46(32-38-51)43-17-7-2-8-18-43)66-61(65-59)55-26-14-24-53(40-55)47-27-33-48(34-28-47)56-41-57(63-58(62-56)49-21-11-4-12-22-49)54-25-13-23-52(39-54)44-19-9-3-10-20-44/h1-41H. The minimum Gasteiger partial charge on any atom is -0.228 e. The summed E-state index contributed by atoms with van der Waals surface area (Å²) >= 11 is 0. The summed E-state index contributed by atoms with van der Waals surface area (Å²) in [5.41, 5.74) is 16.4. The van der Waals surface area contributed by atoms with Gasteiger partial charge in [0.15, 0.2) is 23.3 Å². The van der Waals surface area contributed by atoms with Crippen LogP contribution in [0.2, 0.25) is 0 Å². The van der Waals surface area contributed by atoms with E-state index in [4.69, 9.17) is 24.9 Å². The highest BCUT2D eigenvalue weighted by Gasteiger charge is 2.16. The zero-order chi connectivity index (χ0) is 44.1. The Morgan fingerprint density at radius 2 is 0.409 bits per heavy atom. The van der Waals surface area contributed by atoms with Gasteiger partial charge in [-0.05, 0) is 62.7 Å². The lowest BCUT2D eigenvalue weighted by molar-refractivity contribution is 1.07. The van der Waals surface area contributed by atoms with Crippen LogP contribution in [0.3, 0.4) is 0 Å². The van der Waals surface area contributed by atoms with E-state index >= 15 is 0 Å². The molecule has 0 atom stereocenters. The van der Waals surface area contributed by atoms with Crippen LogP contribution in [0.5, 0.6) is 0 Å². The second-order valence-corrected chi connectivity index (χ2v) is 16.1. The first-order chi connectivity index (χ1) is 32.7.